The Hall–Kier alpha value is -0.0800. The molecular weight excluding hydrogens is 174 g/mol. The second-order valence-corrected chi connectivity index (χ2v) is 4.41. The van der Waals surface area contributed by atoms with E-state index in [1.807, 2.05) is 0 Å². The molecule has 0 amide bonds. The van der Waals surface area contributed by atoms with E-state index in [0.717, 1.165) is 31.6 Å². The van der Waals surface area contributed by atoms with Gasteiger partial charge in [0.05, 0.1) is 0 Å². The molecule has 2 unspecified atom stereocenters. The molecule has 0 aromatic carbocycles. The Bertz CT molecular complexity index is 138. The van der Waals surface area contributed by atoms with Gasteiger partial charge in [-0.1, -0.05) is 13.8 Å². The summed E-state index contributed by atoms with van der Waals surface area (Å²) in [6, 6.07) is 0.769. The van der Waals surface area contributed by atoms with Crippen LogP contribution < -0.4 is 5.32 Å². The number of rotatable bonds is 7. The summed E-state index contributed by atoms with van der Waals surface area (Å²) in [5, 5.41) is 3.60. The van der Waals surface area contributed by atoms with E-state index in [9.17, 15) is 0 Å². The van der Waals surface area contributed by atoms with Gasteiger partial charge in [-0.25, -0.2) is 0 Å². The molecule has 0 radical (unpaired) electrons. The quantitative estimate of drug-likeness (QED) is 0.636. The Morgan fingerprint density at radius 2 is 2.07 bits per heavy atom. The summed E-state index contributed by atoms with van der Waals surface area (Å²) < 4.78 is 5.59. The highest BCUT2D eigenvalue weighted by molar-refractivity contribution is 4.80. The van der Waals surface area contributed by atoms with E-state index < -0.39 is 0 Å². The minimum atomic E-state index is 0.769. The molecule has 0 bridgehead atoms. The second-order valence-electron chi connectivity index (χ2n) is 4.41. The highest BCUT2D eigenvalue weighted by Crippen LogP contribution is 2.25. The third-order valence-corrected chi connectivity index (χ3v) is 2.93. The van der Waals surface area contributed by atoms with E-state index in [1.165, 1.54) is 32.2 Å². The van der Waals surface area contributed by atoms with Gasteiger partial charge in [0.2, 0.25) is 0 Å². The third kappa shape index (κ3) is 4.43. The molecule has 1 fully saturated rings. The Morgan fingerprint density at radius 1 is 1.21 bits per heavy atom. The van der Waals surface area contributed by atoms with Gasteiger partial charge in [0.1, 0.15) is 0 Å². The van der Waals surface area contributed by atoms with Crippen molar-refractivity contribution in [1.82, 2.24) is 5.32 Å². The van der Waals surface area contributed by atoms with Crippen LogP contribution in [-0.4, -0.2) is 25.8 Å². The fraction of sp³-hybridized carbons (Fsp3) is 1.00. The minimum absolute atomic E-state index is 0.769. The molecule has 14 heavy (non-hydrogen) atoms. The van der Waals surface area contributed by atoms with E-state index in [0.29, 0.717) is 0 Å². The molecule has 84 valence electrons. The van der Waals surface area contributed by atoms with Crippen molar-refractivity contribution >= 4 is 0 Å². The number of nitrogens with one attached hydrogen (secondary N) is 1. The van der Waals surface area contributed by atoms with Gasteiger partial charge in [-0.15, -0.1) is 0 Å². The van der Waals surface area contributed by atoms with Crippen molar-refractivity contribution in [2.24, 2.45) is 5.92 Å². The number of hydrogen-bond donors (Lipinski definition) is 1. The van der Waals surface area contributed by atoms with E-state index in [4.69, 9.17) is 4.74 Å². The molecule has 0 heterocycles. The molecule has 0 aromatic rings. The second kappa shape index (κ2) is 7.24. The molecule has 1 saturated carbocycles. The summed E-state index contributed by atoms with van der Waals surface area (Å²) in [7, 11) is 0. The fourth-order valence-corrected chi connectivity index (χ4v) is 2.15. The monoisotopic (exact) mass is 199 g/mol. The first-order valence-corrected chi connectivity index (χ1v) is 6.18. The zero-order valence-electron chi connectivity index (χ0n) is 9.72. The summed E-state index contributed by atoms with van der Waals surface area (Å²) in [6.07, 6.45) is 6.41. The van der Waals surface area contributed by atoms with E-state index in [-0.39, 0.29) is 0 Å². The first-order valence-electron chi connectivity index (χ1n) is 6.18. The fourth-order valence-electron chi connectivity index (χ4n) is 2.15. The van der Waals surface area contributed by atoms with Gasteiger partial charge in [-0.3, -0.25) is 0 Å². The SMILES string of the molecule is CCCNC1CCC(COCCC)C1. The maximum Gasteiger partial charge on any atom is 0.0494 e. The lowest BCUT2D eigenvalue weighted by molar-refractivity contribution is 0.101. The van der Waals surface area contributed by atoms with Crippen LogP contribution in [0.25, 0.3) is 0 Å². The molecule has 0 saturated heterocycles. The molecule has 0 aromatic heterocycles. The van der Waals surface area contributed by atoms with Crippen LogP contribution in [0.1, 0.15) is 46.0 Å². The van der Waals surface area contributed by atoms with Crippen LogP contribution in [-0.2, 0) is 4.74 Å². The molecule has 2 nitrogen and oxygen atoms in total. The van der Waals surface area contributed by atoms with Gasteiger partial charge in [0.25, 0.3) is 0 Å². The van der Waals surface area contributed by atoms with Crippen molar-refractivity contribution in [3.8, 4) is 0 Å². The zero-order chi connectivity index (χ0) is 10.2. The predicted molar refractivity (Wildman–Crippen MR) is 60.5 cm³/mol. The van der Waals surface area contributed by atoms with Crippen LogP contribution in [0.3, 0.4) is 0 Å². The third-order valence-electron chi connectivity index (χ3n) is 2.93. The smallest absolute Gasteiger partial charge is 0.0494 e. The van der Waals surface area contributed by atoms with Crippen LogP contribution in [0.15, 0.2) is 0 Å². The molecule has 1 N–H and O–H groups in total. The molecule has 2 heteroatoms. The Balaban J connectivity index is 2.02. The molecular formula is C12H25NO. The molecule has 1 aliphatic rings. The van der Waals surface area contributed by atoms with Crippen molar-refractivity contribution in [3.05, 3.63) is 0 Å². The highest BCUT2D eigenvalue weighted by Gasteiger charge is 2.23. The summed E-state index contributed by atoms with van der Waals surface area (Å²) >= 11 is 0. The topological polar surface area (TPSA) is 21.3 Å². The van der Waals surface area contributed by atoms with Crippen molar-refractivity contribution in [1.29, 1.82) is 0 Å². The first-order chi connectivity index (χ1) is 6.86. The van der Waals surface area contributed by atoms with Crippen LogP contribution >= 0.6 is 0 Å². The Kier molecular flexibility index (Phi) is 6.20. The van der Waals surface area contributed by atoms with Crippen LogP contribution in [0.5, 0.6) is 0 Å². The molecule has 1 aliphatic carbocycles. The van der Waals surface area contributed by atoms with E-state index >= 15 is 0 Å². The number of hydrogen-bond acceptors (Lipinski definition) is 2. The predicted octanol–water partition coefficient (Wildman–Crippen LogP) is 2.58. The molecule has 1 rings (SSSR count). The van der Waals surface area contributed by atoms with Gasteiger partial charge < -0.3 is 10.1 Å². The summed E-state index contributed by atoms with van der Waals surface area (Å²) in [4.78, 5) is 0. The van der Waals surface area contributed by atoms with Crippen LogP contribution in [0.4, 0.5) is 0 Å². The van der Waals surface area contributed by atoms with Gasteiger partial charge in [-0.2, -0.15) is 0 Å². The average Bonchev–Trinajstić information content (AvgIpc) is 2.63. The van der Waals surface area contributed by atoms with Gasteiger partial charge in [-0.05, 0) is 44.6 Å². The summed E-state index contributed by atoms with van der Waals surface area (Å²) in [6.45, 7) is 7.49. The van der Waals surface area contributed by atoms with Crippen molar-refractivity contribution in [2.45, 2.75) is 52.0 Å². The molecule has 0 spiro atoms. The Morgan fingerprint density at radius 3 is 2.79 bits per heavy atom. The Labute approximate surface area is 88.4 Å². The lowest BCUT2D eigenvalue weighted by atomic mass is 10.1. The largest absolute Gasteiger partial charge is 0.381 e. The van der Waals surface area contributed by atoms with E-state index in [2.05, 4.69) is 19.2 Å². The maximum absolute atomic E-state index is 5.59. The normalized spacial score (nSPS) is 27.0. The number of ether oxygens (including phenoxy) is 1. The van der Waals surface area contributed by atoms with Crippen molar-refractivity contribution in [3.63, 3.8) is 0 Å². The van der Waals surface area contributed by atoms with Gasteiger partial charge >= 0.3 is 0 Å². The minimum Gasteiger partial charge on any atom is -0.381 e. The average molecular weight is 199 g/mol. The maximum atomic E-state index is 5.59. The zero-order valence-corrected chi connectivity index (χ0v) is 9.72. The lowest BCUT2D eigenvalue weighted by Gasteiger charge is -2.12. The molecule has 0 aliphatic heterocycles. The first kappa shape index (κ1) is 12.0. The lowest BCUT2D eigenvalue weighted by Crippen LogP contribution is -2.27. The van der Waals surface area contributed by atoms with Crippen molar-refractivity contribution < 1.29 is 4.74 Å². The highest BCUT2D eigenvalue weighted by atomic mass is 16.5. The standard InChI is InChI=1S/C12H25NO/c1-3-7-13-12-6-5-11(9-12)10-14-8-4-2/h11-13H,3-10H2,1-2H3. The van der Waals surface area contributed by atoms with E-state index in [1.54, 1.807) is 0 Å². The molecule has 2 atom stereocenters. The van der Waals surface area contributed by atoms with Crippen molar-refractivity contribution in [2.75, 3.05) is 19.8 Å². The van der Waals surface area contributed by atoms with Crippen LogP contribution in [0.2, 0.25) is 0 Å². The van der Waals surface area contributed by atoms with Crippen LogP contribution in [0, 0.1) is 5.92 Å². The summed E-state index contributed by atoms with van der Waals surface area (Å²) in [5.74, 6) is 0.816. The summed E-state index contributed by atoms with van der Waals surface area (Å²) in [5.41, 5.74) is 0. The van der Waals surface area contributed by atoms with Gasteiger partial charge in [0, 0.05) is 19.3 Å². The van der Waals surface area contributed by atoms with Gasteiger partial charge in [0.15, 0.2) is 0 Å².